The lowest BCUT2D eigenvalue weighted by atomic mass is 10.3. The molecule has 1 aromatic heterocycles. The van der Waals surface area contributed by atoms with Gasteiger partial charge in [0.2, 0.25) is 0 Å². The Morgan fingerprint density at radius 1 is 1.21 bits per heavy atom. The van der Waals surface area contributed by atoms with Gasteiger partial charge in [0.25, 0.3) is 0 Å². The first-order chi connectivity index (χ1) is 6.65. The lowest BCUT2D eigenvalue weighted by Gasteiger charge is -2.01. The normalized spacial score (nSPS) is 10.5. The first-order valence-electron chi connectivity index (χ1n) is 4.06. The van der Waals surface area contributed by atoms with Crippen LogP contribution >= 0.6 is 23.2 Å². The first-order valence-corrected chi connectivity index (χ1v) is 4.81. The largest absolute Gasteiger partial charge is 0.231 e. The molecule has 0 saturated heterocycles. The van der Waals surface area contributed by atoms with Gasteiger partial charge in [0.05, 0.1) is 17.6 Å². The van der Waals surface area contributed by atoms with Crippen molar-refractivity contribution < 1.29 is 0 Å². The van der Waals surface area contributed by atoms with Crippen LogP contribution in [0.3, 0.4) is 0 Å². The molecule has 2 aromatic rings. The Bertz CT molecular complexity index is 443. The summed E-state index contributed by atoms with van der Waals surface area (Å²) in [4.78, 5) is 0. The van der Waals surface area contributed by atoms with Crippen LogP contribution in [0.2, 0.25) is 10.0 Å². The third-order valence-electron chi connectivity index (χ3n) is 1.75. The van der Waals surface area contributed by atoms with Gasteiger partial charge in [-0.2, -0.15) is 5.10 Å². The zero-order valence-corrected chi connectivity index (χ0v) is 8.97. The number of hydrogen-bond donors (Lipinski definition) is 0. The summed E-state index contributed by atoms with van der Waals surface area (Å²) in [6, 6.07) is 7.06. The average molecular weight is 226 g/mol. The Balaban J connectivity index is 2.51. The quantitative estimate of drug-likeness (QED) is 0.729. The zero-order valence-electron chi connectivity index (χ0n) is 7.46. The molecule has 0 aliphatic rings. The van der Waals surface area contributed by atoms with Crippen LogP contribution in [0.15, 0.2) is 24.3 Å². The van der Waals surface area contributed by atoms with Crippen molar-refractivity contribution in [3.8, 4) is 5.69 Å². The molecule has 0 aliphatic carbocycles. The smallest absolute Gasteiger partial charge is 0.0929 e. The van der Waals surface area contributed by atoms with E-state index in [-0.39, 0.29) is 0 Å². The van der Waals surface area contributed by atoms with E-state index < -0.39 is 0 Å². The van der Waals surface area contributed by atoms with Crippen molar-refractivity contribution in [3.05, 3.63) is 46.2 Å². The topological polar surface area (TPSA) is 17.8 Å². The third-order valence-corrected chi connectivity index (χ3v) is 2.18. The highest BCUT2D eigenvalue weighted by Crippen LogP contribution is 2.21. The van der Waals surface area contributed by atoms with Gasteiger partial charge in [0.1, 0.15) is 0 Å². The summed E-state index contributed by atoms with van der Waals surface area (Å²) in [5.41, 5.74) is 1.72. The highest BCUT2D eigenvalue weighted by atomic mass is 35.5. The van der Waals surface area contributed by atoms with Crippen LogP contribution in [0, 0.1) is 13.1 Å². The van der Waals surface area contributed by atoms with E-state index in [0.717, 1.165) is 11.4 Å². The molecular formula is C10H7Cl2N2. The second kappa shape index (κ2) is 3.64. The number of aromatic nitrogens is 2. The van der Waals surface area contributed by atoms with Gasteiger partial charge in [-0.15, -0.1) is 0 Å². The van der Waals surface area contributed by atoms with Crippen molar-refractivity contribution in [2.45, 2.75) is 6.92 Å². The molecule has 0 atom stereocenters. The van der Waals surface area contributed by atoms with E-state index in [1.165, 1.54) is 0 Å². The summed E-state index contributed by atoms with van der Waals surface area (Å²) < 4.78 is 1.62. The highest BCUT2D eigenvalue weighted by Gasteiger charge is 2.01. The predicted molar refractivity (Wildman–Crippen MR) is 57.2 cm³/mol. The molecule has 2 nitrogen and oxygen atoms in total. The SMILES string of the molecule is Cc1c[c]n(-c2cc(Cl)cc(Cl)c2)n1. The van der Waals surface area contributed by atoms with Gasteiger partial charge in [-0.25, -0.2) is 4.68 Å². The summed E-state index contributed by atoms with van der Waals surface area (Å²) in [6.45, 7) is 1.90. The summed E-state index contributed by atoms with van der Waals surface area (Å²) >= 11 is 11.7. The fourth-order valence-electron chi connectivity index (χ4n) is 1.16. The minimum Gasteiger partial charge on any atom is -0.231 e. The van der Waals surface area contributed by atoms with E-state index in [1.54, 1.807) is 28.9 Å². The molecule has 2 rings (SSSR count). The van der Waals surface area contributed by atoms with Crippen molar-refractivity contribution in [2.24, 2.45) is 0 Å². The van der Waals surface area contributed by atoms with E-state index in [0.29, 0.717) is 10.0 Å². The molecule has 0 fully saturated rings. The zero-order chi connectivity index (χ0) is 10.1. The number of benzene rings is 1. The molecule has 1 heterocycles. The maximum atomic E-state index is 5.87. The van der Waals surface area contributed by atoms with E-state index in [4.69, 9.17) is 23.2 Å². The van der Waals surface area contributed by atoms with Gasteiger partial charge in [0.15, 0.2) is 0 Å². The fraction of sp³-hybridized carbons (Fsp3) is 0.100. The fourth-order valence-corrected chi connectivity index (χ4v) is 1.68. The molecule has 0 N–H and O–H groups in total. The summed E-state index contributed by atoms with van der Waals surface area (Å²) in [6.07, 6.45) is 2.96. The van der Waals surface area contributed by atoms with E-state index in [2.05, 4.69) is 11.3 Å². The number of halogens is 2. The lowest BCUT2D eigenvalue weighted by molar-refractivity contribution is 0.857. The molecule has 4 heteroatoms. The number of aryl methyl sites for hydroxylation is 1. The molecule has 0 unspecified atom stereocenters. The van der Waals surface area contributed by atoms with Gasteiger partial charge in [0, 0.05) is 10.0 Å². The summed E-state index contributed by atoms with van der Waals surface area (Å²) in [5, 5.41) is 5.39. The van der Waals surface area contributed by atoms with Crippen molar-refractivity contribution in [2.75, 3.05) is 0 Å². The van der Waals surface area contributed by atoms with Gasteiger partial charge >= 0.3 is 0 Å². The van der Waals surface area contributed by atoms with Crippen LogP contribution in [0.1, 0.15) is 5.69 Å². The Morgan fingerprint density at radius 2 is 1.86 bits per heavy atom. The molecule has 0 aliphatic heterocycles. The van der Waals surface area contributed by atoms with E-state index in [1.807, 2.05) is 6.92 Å². The monoisotopic (exact) mass is 225 g/mol. The second-order valence-corrected chi connectivity index (χ2v) is 3.83. The second-order valence-electron chi connectivity index (χ2n) is 2.95. The van der Waals surface area contributed by atoms with Gasteiger partial charge in [-0.05, 0) is 31.2 Å². The third kappa shape index (κ3) is 1.91. The van der Waals surface area contributed by atoms with E-state index in [9.17, 15) is 0 Å². The lowest BCUT2D eigenvalue weighted by Crippen LogP contribution is -1.95. The maximum Gasteiger partial charge on any atom is 0.0929 e. The van der Waals surface area contributed by atoms with Crippen LogP contribution in [-0.2, 0) is 0 Å². The highest BCUT2D eigenvalue weighted by molar-refractivity contribution is 6.34. The Morgan fingerprint density at radius 3 is 2.36 bits per heavy atom. The van der Waals surface area contributed by atoms with Crippen molar-refractivity contribution in [1.29, 1.82) is 0 Å². The molecule has 0 bridgehead atoms. The number of hydrogen-bond acceptors (Lipinski definition) is 1. The van der Waals surface area contributed by atoms with Crippen molar-refractivity contribution in [1.82, 2.24) is 9.78 Å². The Hall–Kier alpha value is -0.990. The molecule has 71 valence electrons. The van der Waals surface area contributed by atoms with Crippen LogP contribution < -0.4 is 0 Å². The maximum absolute atomic E-state index is 5.87. The molecule has 0 spiro atoms. The van der Waals surface area contributed by atoms with E-state index >= 15 is 0 Å². The number of rotatable bonds is 1. The molecular weight excluding hydrogens is 219 g/mol. The minimum atomic E-state index is 0.592. The average Bonchev–Trinajstić information content (AvgIpc) is 2.50. The molecule has 14 heavy (non-hydrogen) atoms. The molecule has 1 radical (unpaired) electrons. The number of nitrogens with zero attached hydrogens (tertiary/aromatic N) is 2. The van der Waals surface area contributed by atoms with Crippen LogP contribution in [-0.4, -0.2) is 9.78 Å². The molecule has 1 aromatic carbocycles. The van der Waals surface area contributed by atoms with Crippen molar-refractivity contribution >= 4 is 23.2 Å². The first kappa shape index (κ1) is 9.56. The van der Waals surface area contributed by atoms with Crippen molar-refractivity contribution in [3.63, 3.8) is 0 Å². The van der Waals surface area contributed by atoms with Crippen LogP contribution in [0.4, 0.5) is 0 Å². The minimum absolute atomic E-state index is 0.592. The van der Waals surface area contributed by atoms with Crippen LogP contribution in [0.25, 0.3) is 5.69 Å². The Kier molecular flexibility index (Phi) is 2.48. The predicted octanol–water partition coefficient (Wildman–Crippen LogP) is 3.29. The standard InChI is InChI=1S/C10H7Cl2N2/c1-7-2-3-14(13-7)10-5-8(11)4-9(12)6-10/h2,4-6H,1H3. The summed E-state index contributed by atoms with van der Waals surface area (Å²) in [5.74, 6) is 0. The van der Waals surface area contributed by atoms with Gasteiger partial charge < -0.3 is 0 Å². The Labute approximate surface area is 92.1 Å². The van der Waals surface area contributed by atoms with Gasteiger partial charge in [-0.1, -0.05) is 23.2 Å². The molecule has 0 saturated carbocycles. The molecule has 0 amide bonds. The van der Waals surface area contributed by atoms with Gasteiger partial charge in [-0.3, -0.25) is 0 Å². The summed E-state index contributed by atoms with van der Waals surface area (Å²) in [7, 11) is 0. The van der Waals surface area contributed by atoms with Crippen LogP contribution in [0.5, 0.6) is 0 Å².